The lowest BCUT2D eigenvalue weighted by atomic mass is 10.1. The Balaban J connectivity index is 1.38. The van der Waals surface area contributed by atoms with Gasteiger partial charge in [0.1, 0.15) is 11.6 Å². The van der Waals surface area contributed by atoms with Crippen LogP contribution in [-0.2, 0) is 11.2 Å². The highest BCUT2D eigenvalue weighted by Crippen LogP contribution is 2.15. The summed E-state index contributed by atoms with van der Waals surface area (Å²) in [6.45, 7) is 0.953. The molecule has 0 fully saturated rings. The molecule has 4 nitrogen and oxygen atoms in total. The third-order valence-corrected chi connectivity index (χ3v) is 4.19. The number of anilines is 2. The average Bonchev–Trinajstić information content (AvgIpc) is 2.71. The average molecular weight is 378 g/mol. The smallest absolute Gasteiger partial charge is 0.227 e. The van der Waals surface area contributed by atoms with E-state index in [0.717, 1.165) is 17.1 Å². The number of benzene rings is 3. The van der Waals surface area contributed by atoms with Gasteiger partial charge in [0.2, 0.25) is 5.91 Å². The second-order valence-electron chi connectivity index (χ2n) is 6.31. The molecule has 5 heteroatoms. The van der Waals surface area contributed by atoms with Crippen LogP contribution in [0.3, 0.4) is 0 Å². The van der Waals surface area contributed by atoms with Crippen molar-refractivity contribution in [2.75, 3.05) is 23.8 Å². The summed E-state index contributed by atoms with van der Waals surface area (Å²) in [4.78, 5) is 12.0. The molecule has 3 aromatic rings. The molecule has 28 heavy (non-hydrogen) atoms. The molecule has 0 saturated heterocycles. The van der Waals surface area contributed by atoms with Crippen molar-refractivity contribution in [3.05, 3.63) is 90.2 Å². The first-order valence-corrected chi connectivity index (χ1v) is 9.26. The van der Waals surface area contributed by atoms with Gasteiger partial charge >= 0.3 is 0 Å². The number of nitrogens with one attached hydrogen (secondary N) is 2. The van der Waals surface area contributed by atoms with E-state index in [4.69, 9.17) is 4.74 Å². The molecule has 1 amide bonds. The zero-order valence-corrected chi connectivity index (χ0v) is 15.5. The molecular formula is C23H23FN2O2. The molecule has 0 bridgehead atoms. The van der Waals surface area contributed by atoms with Gasteiger partial charge in [0.15, 0.2) is 0 Å². The van der Waals surface area contributed by atoms with Crippen LogP contribution in [0.15, 0.2) is 78.9 Å². The van der Waals surface area contributed by atoms with Crippen molar-refractivity contribution in [1.82, 2.24) is 0 Å². The summed E-state index contributed by atoms with van der Waals surface area (Å²) in [5.41, 5.74) is 2.34. The molecule has 0 saturated carbocycles. The third kappa shape index (κ3) is 6.13. The van der Waals surface area contributed by atoms with E-state index in [1.54, 1.807) is 12.1 Å². The van der Waals surface area contributed by atoms with E-state index in [-0.39, 0.29) is 18.1 Å². The highest BCUT2D eigenvalue weighted by Gasteiger charge is 2.04. The number of ether oxygens (including phenoxy) is 1. The zero-order valence-electron chi connectivity index (χ0n) is 15.5. The number of carbonyl (C=O) groups is 1. The van der Waals surface area contributed by atoms with E-state index in [1.807, 2.05) is 60.7 Å². The molecule has 3 aromatic carbocycles. The zero-order chi connectivity index (χ0) is 19.6. The van der Waals surface area contributed by atoms with Gasteiger partial charge < -0.3 is 15.4 Å². The van der Waals surface area contributed by atoms with Gasteiger partial charge in [-0.05, 0) is 54.4 Å². The summed E-state index contributed by atoms with van der Waals surface area (Å²) in [6.07, 6.45) is 0.879. The van der Waals surface area contributed by atoms with Crippen molar-refractivity contribution in [3.63, 3.8) is 0 Å². The topological polar surface area (TPSA) is 50.4 Å². The molecule has 2 N–H and O–H groups in total. The Labute approximate surface area is 164 Å². The van der Waals surface area contributed by atoms with Crippen molar-refractivity contribution in [2.45, 2.75) is 12.8 Å². The van der Waals surface area contributed by atoms with Crippen LogP contribution in [-0.4, -0.2) is 19.1 Å². The molecule has 0 spiro atoms. The Bertz CT molecular complexity index is 883. The van der Waals surface area contributed by atoms with E-state index in [9.17, 15) is 9.18 Å². The number of hydrogen-bond acceptors (Lipinski definition) is 3. The summed E-state index contributed by atoms with van der Waals surface area (Å²) < 4.78 is 19.1. The summed E-state index contributed by atoms with van der Waals surface area (Å²) in [5.74, 6) is 0.468. The van der Waals surface area contributed by atoms with Crippen molar-refractivity contribution in [3.8, 4) is 5.75 Å². The van der Waals surface area contributed by atoms with Gasteiger partial charge in [-0.2, -0.15) is 0 Å². The minimum absolute atomic E-state index is 0.101. The number of carbonyl (C=O) groups excluding carboxylic acids is 1. The van der Waals surface area contributed by atoms with Gasteiger partial charge in [0.25, 0.3) is 0 Å². The molecule has 0 aliphatic carbocycles. The van der Waals surface area contributed by atoms with E-state index in [1.165, 1.54) is 6.07 Å². The fourth-order valence-corrected chi connectivity index (χ4v) is 2.72. The van der Waals surface area contributed by atoms with Crippen LogP contribution >= 0.6 is 0 Å². The van der Waals surface area contributed by atoms with Crippen LogP contribution < -0.4 is 15.4 Å². The molecule has 144 valence electrons. The van der Waals surface area contributed by atoms with Crippen molar-refractivity contribution < 1.29 is 13.9 Å². The predicted octanol–water partition coefficient (Wildman–Crippen LogP) is 4.89. The van der Waals surface area contributed by atoms with Gasteiger partial charge in [-0.25, -0.2) is 4.39 Å². The van der Waals surface area contributed by atoms with E-state index in [2.05, 4.69) is 10.6 Å². The van der Waals surface area contributed by atoms with Crippen LogP contribution in [0, 0.1) is 5.82 Å². The van der Waals surface area contributed by atoms with Crippen LogP contribution in [0.1, 0.15) is 12.0 Å². The maximum Gasteiger partial charge on any atom is 0.227 e. The third-order valence-electron chi connectivity index (χ3n) is 4.19. The summed E-state index contributed by atoms with van der Waals surface area (Å²) in [7, 11) is 0. The quantitative estimate of drug-likeness (QED) is 0.557. The Morgan fingerprint density at radius 2 is 1.54 bits per heavy atom. The largest absolute Gasteiger partial charge is 0.493 e. The first-order chi connectivity index (χ1) is 13.7. The van der Waals surface area contributed by atoms with Gasteiger partial charge in [0, 0.05) is 17.9 Å². The first kappa shape index (κ1) is 19.4. The van der Waals surface area contributed by atoms with E-state index in [0.29, 0.717) is 25.1 Å². The highest BCUT2D eigenvalue weighted by molar-refractivity contribution is 5.90. The van der Waals surface area contributed by atoms with Crippen molar-refractivity contribution >= 4 is 17.3 Å². The molecule has 3 rings (SSSR count). The van der Waals surface area contributed by atoms with Gasteiger partial charge in [-0.1, -0.05) is 36.4 Å². The fraction of sp³-hybridized carbons (Fsp3) is 0.174. The SMILES string of the molecule is O=C(CCOc1ccccc1)Nc1ccc(NCCc2ccccc2F)cc1. The standard InChI is InChI=1S/C23H23FN2O2/c24-22-9-5-4-6-18(22)14-16-25-19-10-12-20(13-11-19)26-23(27)15-17-28-21-7-2-1-3-8-21/h1-13,25H,14-17H2,(H,26,27). The maximum atomic E-state index is 13.6. The molecule has 0 radical (unpaired) electrons. The second-order valence-corrected chi connectivity index (χ2v) is 6.31. The molecule has 0 aromatic heterocycles. The number of amides is 1. The summed E-state index contributed by atoms with van der Waals surface area (Å²) in [6, 6.07) is 23.6. The Kier molecular flexibility index (Phi) is 7.01. The number of halogens is 1. The molecule has 0 unspecified atom stereocenters. The lowest BCUT2D eigenvalue weighted by Crippen LogP contribution is -2.15. The highest BCUT2D eigenvalue weighted by atomic mass is 19.1. The van der Waals surface area contributed by atoms with Crippen LogP contribution in [0.4, 0.5) is 15.8 Å². The van der Waals surface area contributed by atoms with Gasteiger partial charge in [0.05, 0.1) is 13.0 Å². The second kappa shape index (κ2) is 10.1. The Hall–Kier alpha value is -3.34. The van der Waals surface area contributed by atoms with E-state index < -0.39 is 0 Å². The molecule has 0 aliphatic rings. The molecule has 0 aliphatic heterocycles. The minimum Gasteiger partial charge on any atom is -0.493 e. The first-order valence-electron chi connectivity index (χ1n) is 9.26. The molecule has 0 heterocycles. The predicted molar refractivity (Wildman–Crippen MR) is 110 cm³/mol. The monoisotopic (exact) mass is 378 g/mol. The van der Waals surface area contributed by atoms with Crippen LogP contribution in [0.5, 0.6) is 5.75 Å². The summed E-state index contributed by atoms with van der Waals surface area (Å²) in [5, 5.41) is 6.10. The van der Waals surface area contributed by atoms with Crippen LogP contribution in [0.25, 0.3) is 0 Å². The van der Waals surface area contributed by atoms with Crippen LogP contribution in [0.2, 0.25) is 0 Å². The number of para-hydroxylation sites is 1. The lowest BCUT2D eigenvalue weighted by molar-refractivity contribution is -0.116. The van der Waals surface area contributed by atoms with E-state index >= 15 is 0 Å². The van der Waals surface area contributed by atoms with Crippen molar-refractivity contribution in [1.29, 1.82) is 0 Å². The summed E-state index contributed by atoms with van der Waals surface area (Å²) >= 11 is 0. The normalized spacial score (nSPS) is 10.3. The lowest BCUT2D eigenvalue weighted by Gasteiger charge is -2.10. The Morgan fingerprint density at radius 1 is 0.857 bits per heavy atom. The van der Waals surface area contributed by atoms with Crippen molar-refractivity contribution in [2.24, 2.45) is 0 Å². The molecule has 0 atom stereocenters. The van der Waals surface area contributed by atoms with Gasteiger partial charge in [-0.3, -0.25) is 4.79 Å². The number of hydrogen-bond donors (Lipinski definition) is 2. The van der Waals surface area contributed by atoms with Gasteiger partial charge in [-0.15, -0.1) is 0 Å². The Morgan fingerprint density at radius 3 is 2.29 bits per heavy atom. The fourth-order valence-electron chi connectivity index (χ4n) is 2.72. The molecular weight excluding hydrogens is 355 g/mol. The maximum absolute atomic E-state index is 13.6. The number of rotatable bonds is 9. The minimum atomic E-state index is -0.182.